The van der Waals surface area contributed by atoms with Crippen LogP contribution in [0.5, 0.6) is 0 Å². The molecule has 102 valence electrons. The standard InChI is InChI=1S/C5Cl2F8O2/c6-4(13,14)5(7,15)17-3(11,12)1(16)2(8,9)10. The van der Waals surface area contributed by atoms with Crippen LogP contribution in [0.3, 0.4) is 0 Å². The van der Waals surface area contributed by atoms with Crippen LogP contribution in [-0.4, -0.2) is 28.8 Å². The van der Waals surface area contributed by atoms with Gasteiger partial charge in [-0.15, -0.1) is 0 Å². The molecule has 0 aromatic carbocycles. The van der Waals surface area contributed by atoms with Crippen molar-refractivity contribution in [3.63, 3.8) is 0 Å². The molecule has 2 nitrogen and oxygen atoms in total. The quantitative estimate of drug-likeness (QED) is 0.587. The number of ketones is 1. The fourth-order valence-corrected chi connectivity index (χ4v) is 0.566. The van der Waals surface area contributed by atoms with Gasteiger partial charge in [0.25, 0.3) is 0 Å². The van der Waals surface area contributed by atoms with Gasteiger partial charge in [-0.25, -0.2) is 0 Å². The molecule has 0 aliphatic heterocycles. The lowest BCUT2D eigenvalue weighted by Crippen LogP contribution is -2.50. The summed E-state index contributed by atoms with van der Waals surface area (Å²) >= 11 is 7.88. The second-order valence-corrected chi connectivity index (χ2v) is 3.42. The summed E-state index contributed by atoms with van der Waals surface area (Å²) in [6.07, 6.45) is -12.1. The lowest BCUT2D eigenvalue weighted by atomic mass is 10.3. The van der Waals surface area contributed by atoms with E-state index < -0.39 is 28.8 Å². The predicted octanol–water partition coefficient (Wildman–Crippen LogP) is 3.42. The van der Waals surface area contributed by atoms with Gasteiger partial charge in [0.15, 0.2) is 0 Å². The van der Waals surface area contributed by atoms with Gasteiger partial charge < -0.3 is 0 Å². The fraction of sp³-hybridized carbons (Fsp3) is 0.800. The third-order valence-electron chi connectivity index (χ3n) is 1.11. The zero-order valence-electron chi connectivity index (χ0n) is 7.10. The van der Waals surface area contributed by atoms with E-state index in [-0.39, 0.29) is 0 Å². The van der Waals surface area contributed by atoms with E-state index in [2.05, 4.69) is 27.9 Å². The Morgan fingerprint density at radius 3 is 1.47 bits per heavy atom. The first-order valence-corrected chi connectivity index (χ1v) is 4.01. The highest BCUT2D eigenvalue weighted by Gasteiger charge is 2.65. The zero-order chi connectivity index (χ0) is 14.3. The van der Waals surface area contributed by atoms with Crippen molar-refractivity contribution in [3.8, 4) is 0 Å². The van der Waals surface area contributed by atoms with Crippen LogP contribution in [0.2, 0.25) is 0 Å². The number of halogens is 10. The molecule has 1 atom stereocenters. The molecule has 0 saturated heterocycles. The molecule has 0 rings (SSSR count). The fourth-order valence-electron chi connectivity index (χ4n) is 0.430. The molecule has 12 heteroatoms. The SMILES string of the molecule is O=C(C(F)(F)F)C(F)(F)OC(F)(Cl)C(F)(F)Cl. The summed E-state index contributed by atoms with van der Waals surface area (Å²) in [7, 11) is 0. The van der Waals surface area contributed by atoms with Crippen LogP contribution in [0.1, 0.15) is 0 Å². The highest BCUT2D eigenvalue weighted by atomic mass is 35.5. The Morgan fingerprint density at radius 2 is 1.24 bits per heavy atom. The lowest BCUT2D eigenvalue weighted by molar-refractivity contribution is -0.328. The number of alkyl halides is 10. The number of hydrogen-bond donors (Lipinski definition) is 0. The highest BCUT2D eigenvalue weighted by molar-refractivity contribution is 6.31. The molecule has 1 unspecified atom stereocenters. The summed E-state index contributed by atoms with van der Waals surface area (Å²) in [5.74, 6) is -3.91. The van der Waals surface area contributed by atoms with Crippen molar-refractivity contribution < 1.29 is 44.7 Å². The Kier molecular flexibility index (Phi) is 4.30. The number of carbonyl (C=O) groups excluding carboxylic acids is 1. The van der Waals surface area contributed by atoms with E-state index >= 15 is 0 Å². The monoisotopic (exact) mass is 314 g/mol. The van der Waals surface area contributed by atoms with Crippen LogP contribution < -0.4 is 0 Å². The number of ether oxygens (including phenoxy) is 1. The van der Waals surface area contributed by atoms with Gasteiger partial charge in [0.1, 0.15) is 0 Å². The number of hydrogen-bond acceptors (Lipinski definition) is 2. The van der Waals surface area contributed by atoms with Crippen molar-refractivity contribution in [2.24, 2.45) is 0 Å². The molecule has 0 heterocycles. The molecule has 0 N–H and O–H groups in total. The van der Waals surface area contributed by atoms with E-state index in [1.54, 1.807) is 0 Å². The molecule has 0 aliphatic carbocycles. The van der Waals surface area contributed by atoms with E-state index in [1.165, 1.54) is 0 Å². The predicted molar refractivity (Wildman–Crippen MR) is 37.6 cm³/mol. The van der Waals surface area contributed by atoms with E-state index in [0.717, 1.165) is 0 Å². The summed E-state index contributed by atoms with van der Waals surface area (Å²) in [5, 5.41) is -10.5. The van der Waals surface area contributed by atoms with E-state index in [1.807, 2.05) is 0 Å². The van der Waals surface area contributed by atoms with Gasteiger partial charge >= 0.3 is 28.8 Å². The molecular weight excluding hydrogens is 315 g/mol. The van der Waals surface area contributed by atoms with Crippen LogP contribution in [0.25, 0.3) is 0 Å². The van der Waals surface area contributed by atoms with Crippen molar-refractivity contribution in [1.82, 2.24) is 0 Å². The maximum absolute atomic E-state index is 12.5. The molecule has 0 amide bonds. The van der Waals surface area contributed by atoms with E-state index in [4.69, 9.17) is 0 Å². The first-order valence-electron chi connectivity index (χ1n) is 3.25. The zero-order valence-corrected chi connectivity index (χ0v) is 8.61. The normalized spacial score (nSPS) is 17.8. The molecule has 0 radical (unpaired) electrons. The molecule has 17 heavy (non-hydrogen) atoms. The number of carbonyl (C=O) groups is 1. The first kappa shape index (κ1) is 16.6. The molecule has 0 saturated carbocycles. The van der Waals surface area contributed by atoms with Crippen molar-refractivity contribution in [2.45, 2.75) is 23.0 Å². The average molecular weight is 315 g/mol. The number of Topliss-reactive ketones (excluding diaryl/α,β-unsaturated/α-hetero) is 1. The second-order valence-electron chi connectivity index (χ2n) is 2.46. The minimum atomic E-state index is -6.14. The average Bonchev–Trinajstić information content (AvgIpc) is 1.96. The van der Waals surface area contributed by atoms with Crippen molar-refractivity contribution >= 4 is 29.0 Å². The van der Waals surface area contributed by atoms with E-state index in [9.17, 15) is 39.9 Å². The largest absolute Gasteiger partial charge is 0.459 e. The van der Waals surface area contributed by atoms with Gasteiger partial charge in [-0.3, -0.25) is 9.53 Å². The Bertz CT molecular complexity index is 306. The molecule has 0 aliphatic rings. The maximum Gasteiger partial charge on any atom is 0.459 e. The van der Waals surface area contributed by atoms with Gasteiger partial charge in [0.05, 0.1) is 0 Å². The summed E-state index contributed by atoms with van der Waals surface area (Å²) in [6, 6.07) is 0. The van der Waals surface area contributed by atoms with Gasteiger partial charge in [-0.05, 0) is 23.2 Å². The molecule has 0 aromatic rings. The smallest absolute Gasteiger partial charge is 0.280 e. The van der Waals surface area contributed by atoms with Crippen LogP contribution in [0.4, 0.5) is 35.1 Å². The summed E-state index contributed by atoms with van der Waals surface area (Å²) in [4.78, 5) is 9.98. The highest BCUT2D eigenvalue weighted by Crippen LogP contribution is 2.45. The van der Waals surface area contributed by atoms with Crippen LogP contribution in [0.15, 0.2) is 0 Å². The van der Waals surface area contributed by atoms with Gasteiger partial charge in [0, 0.05) is 0 Å². The number of rotatable bonds is 4. The second kappa shape index (κ2) is 4.39. The Balaban J connectivity index is 5.08. The molecular formula is C5Cl2F8O2. The third-order valence-corrected chi connectivity index (χ3v) is 1.76. The third kappa shape index (κ3) is 4.11. The van der Waals surface area contributed by atoms with Gasteiger partial charge in [-0.1, -0.05) is 0 Å². The van der Waals surface area contributed by atoms with Gasteiger partial charge in [-0.2, -0.15) is 35.1 Å². The Morgan fingerprint density at radius 1 is 0.882 bits per heavy atom. The minimum absolute atomic E-state index is 2.29. The van der Waals surface area contributed by atoms with Gasteiger partial charge in [0.2, 0.25) is 0 Å². The van der Waals surface area contributed by atoms with Crippen LogP contribution >= 0.6 is 23.2 Å². The first-order chi connectivity index (χ1) is 7.11. The van der Waals surface area contributed by atoms with Crippen molar-refractivity contribution in [1.29, 1.82) is 0 Å². The Hall–Kier alpha value is -0.350. The topological polar surface area (TPSA) is 26.3 Å². The lowest BCUT2D eigenvalue weighted by Gasteiger charge is -2.26. The summed E-state index contributed by atoms with van der Waals surface area (Å²) < 4.78 is 98.0. The van der Waals surface area contributed by atoms with Crippen molar-refractivity contribution in [2.75, 3.05) is 0 Å². The molecule has 0 spiro atoms. The molecule has 0 fully saturated rings. The maximum atomic E-state index is 12.5. The molecule has 0 aromatic heterocycles. The summed E-state index contributed by atoms with van der Waals surface area (Å²) in [6.45, 7) is 0. The summed E-state index contributed by atoms with van der Waals surface area (Å²) in [5.41, 5.74) is 0. The van der Waals surface area contributed by atoms with Crippen LogP contribution in [-0.2, 0) is 9.53 Å². The van der Waals surface area contributed by atoms with Crippen molar-refractivity contribution in [3.05, 3.63) is 0 Å². The Labute approximate surface area is 97.4 Å². The molecule has 0 bridgehead atoms. The van der Waals surface area contributed by atoms with E-state index in [0.29, 0.717) is 0 Å². The van der Waals surface area contributed by atoms with Crippen LogP contribution in [0, 0.1) is 0 Å². The minimum Gasteiger partial charge on any atom is -0.280 e.